The minimum atomic E-state index is -3.92. The molecule has 0 heterocycles. The number of rotatable bonds is 8. The van der Waals surface area contributed by atoms with Gasteiger partial charge in [0.05, 0.1) is 4.90 Å². The quantitative estimate of drug-likeness (QED) is 0.483. The van der Waals surface area contributed by atoms with Crippen LogP contribution in [0.25, 0.3) is 0 Å². The smallest absolute Gasteiger partial charge is 0.408 e. The Hall–Kier alpha value is -3.69. The molecule has 0 unspecified atom stereocenters. The molecule has 0 bridgehead atoms. The first-order valence-corrected chi connectivity index (χ1v) is 11.3. The highest BCUT2D eigenvalue weighted by molar-refractivity contribution is 7.89. The Morgan fingerprint density at radius 1 is 0.875 bits per heavy atom. The molecule has 166 valence electrons. The predicted molar refractivity (Wildman–Crippen MR) is 120 cm³/mol. The Morgan fingerprint density at radius 3 is 2.12 bits per heavy atom. The number of anilines is 1. The topological polar surface area (TPSA) is 128 Å². The third kappa shape index (κ3) is 6.93. The van der Waals surface area contributed by atoms with E-state index in [9.17, 15) is 18.0 Å². The normalized spacial score (nSPS) is 11.9. The van der Waals surface area contributed by atoms with Gasteiger partial charge in [-0.3, -0.25) is 4.79 Å². The monoisotopic (exact) mass is 453 g/mol. The molecule has 8 nitrogen and oxygen atoms in total. The van der Waals surface area contributed by atoms with E-state index in [1.54, 1.807) is 0 Å². The maximum atomic E-state index is 12.9. The molecule has 32 heavy (non-hydrogen) atoms. The second-order valence-corrected chi connectivity index (χ2v) is 8.57. The van der Waals surface area contributed by atoms with E-state index < -0.39 is 28.1 Å². The van der Waals surface area contributed by atoms with Crippen LogP contribution >= 0.6 is 0 Å². The molecule has 0 radical (unpaired) electrons. The molecule has 0 spiro atoms. The fourth-order valence-corrected chi connectivity index (χ4v) is 3.51. The van der Waals surface area contributed by atoms with Crippen LogP contribution in [0.2, 0.25) is 0 Å². The summed E-state index contributed by atoms with van der Waals surface area (Å²) < 4.78 is 28.4. The van der Waals surface area contributed by atoms with Crippen LogP contribution in [0.5, 0.6) is 0 Å². The number of alkyl carbamates (subject to hydrolysis) is 1. The van der Waals surface area contributed by atoms with Crippen LogP contribution in [0.15, 0.2) is 89.8 Å². The standard InChI is InChI=1S/C23H23N3O5S/c24-32(29,30)20-13-7-12-19(15-20)25-22(27)21(14-17-8-3-1-4-9-17)26-23(28)31-16-18-10-5-2-6-11-18/h1-13,15,21H,14,16H2,(H,25,27)(H,26,28)(H2,24,29,30)/t21-/m1/s1. The molecule has 3 aromatic rings. The number of ether oxygens (including phenoxy) is 1. The van der Waals surface area contributed by atoms with Gasteiger partial charge in [0.25, 0.3) is 0 Å². The van der Waals surface area contributed by atoms with E-state index in [-0.39, 0.29) is 23.6 Å². The number of nitrogens with one attached hydrogen (secondary N) is 2. The number of benzene rings is 3. The number of sulfonamides is 1. The fraction of sp³-hybridized carbons (Fsp3) is 0.130. The molecule has 0 fully saturated rings. The van der Waals surface area contributed by atoms with E-state index in [2.05, 4.69) is 10.6 Å². The minimum Gasteiger partial charge on any atom is -0.445 e. The van der Waals surface area contributed by atoms with Gasteiger partial charge in [-0.1, -0.05) is 66.7 Å². The molecule has 0 saturated heterocycles. The average molecular weight is 454 g/mol. The van der Waals surface area contributed by atoms with Crippen LogP contribution in [0, 0.1) is 0 Å². The summed E-state index contributed by atoms with van der Waals surface area (Å²) in [4.78, 5) is 25.1. The third-order valence-electron chi connectivity index (χ3n) is 4.53. The predicted octanol–water partition coefficient (Wildman–Crippen LogP) is 2.81. The van der Waals surface area contributed by atoms with E-state index >= 15 is 0 Å². The van der Waals surface area contributed by atoms with Crippen molar-refractivity contribution in [2.24, 2.45) is 5.14 Å². The van der Waals surface area contributed by atoms with Crippen LogP contribution in [0.1, 0.15) is 11.1 Å². The van der Waals surface area contributed by atoms with Crippen LogP contribution in [-0.4, -0.2) is 26.5 Å². The highest BCUT2D eigenvalue weighted by Gasteiger charge is 2.23. The summed E-state index contributed by atoms with van der Waals surface area (Å²) in [6, 6.07) is 22.9. The highest BCUT2D eigenvalue weighted by Crippen LogP contribution is 2.15. The van der Waals surface area contributed by atoms with Gasteiger partial charge >= 0.3 is 6.09 Å². The average Bonchev–Trinajstić information content (AvgIpc) is 2.78. The second kappa shape index (κ2) is 10.6. The van der Waals surface area contributed by atoms with Gasteiger partial charge in [0.2, 0.25) is 15.9 Å². The molecule has 2 amide bonds. The van der Waals surface area contributed by atoms with E-state index in [1.165, 1.54) is 24.3 Å². The second-order valence-electron chi connectivity index (χ2n) is 7.01. The molecule has 0 aliphatic rings. The van der Waals surface area contributed by atoms with Crippen molar-refractivity contribution in [1.29, 1.82) is 0 Å². The molecular weight excluding hydrogens is 430 g/mol. The summed E-state index contributed by atoms with van der Waals surface area (Å²) in [6.45, 7) is 0.0583. The van der Waals surface area contributed by atoms with Crippen LogP contribution in [0.4, 0.5) is 10.5 Å². The molecule has 3 rings (SSSR count). The summed E-state index contributed by atoms with van der Waals surface area (Å²) >= 11 is 0. The van der Waals surface area contributed by atoms with E-state index in [0.717, 1.165) is 11.1 Å². The van der Waals surface area contributed by atoms with E-state index in [0.29, 0.717) is 0 Å². The maximum absolute atomic E-state index is 12.9. The fourth-order valence-electron chi connectivity index (χ4n) is 2.95. The van der Waals surface area contributed by atoms with E-state index in [4.69, 9.17) is 9.88 Å². The lowest BCUT2D eigenvalue weighted by molar-refractivity contribution is -0.118. The first-order valence-electron chi connectivity index (χ1n) is 9.76. The maximum Gasteiger partial charge on any atom is 0.408 e. The Bertz CT molecular complexity index is 1170. The van der Waals surface area contributed by atoms with Crippen molar-refractivity contribution in [1.82, 2.24) is 5.32 Å². The molecule has 0 aliphatic heterocycles. The van der Waals surface area contributed by atoms with Gasteiger partial charge in [-0.25, -0.2) is 18.4 Å². The van der Waals surface area contributed by atoms with Crippen molar-refractivity contribution in [3.63, 3.8) is 0 Å². The molecule has 4 N–H and O–H groups in total. The third-order valence-corrected chi connectivity index (χ3v) is 5.45. The number of hydrogen-bond donors (Lipinski definition) is 3. The molecule has 0 saturated carbocycles. The van der Waals surface area contributed by atoms with Gasteiger partial charge in [-0.2, -0.15) is 0 Å². The first kappa shape index (κ1) is 23.0. The van der Waals surface area contributed by atoms with Crippen LogP contribution < -0.4 is 15.8 Å². The number of primary sulfonamides is 1. The van der Waals surface area contributed by atoms with Crippen molar-refractivity contribution in [3.05, 3.63) is 96.1 Å². The minimum absolute atomic E-state index is 0.0583. The number of carbonyl (C=O) groups is 2. The molecule has 9 heteroatoms. The van der Waals surface area contributed by atoms with Crippen molar-refractivity contribution in [2.45, 2.75) is 24.0 Å². The van der Waals surface area contributed by atoms with Gasteiger partial charge in [-0.15, -0.1) is 0 Å². The Labute approximate surface area is 186 Å². The summed E-state index contributed by atoms with van der Waals surface area (Å²) in [5.41, 5.74) is 1.87. The van der Waals surface area contributed by atoms with E-state index in [1.807, 2.05) is 60.7 Å². The first-order chi connectivity index (χ1) is 15.3. The Balaban J connectivity index is 1.71. The molecule has 1 atom stereocenters. The number of hydrogen-bond acceptors (Lipinski definition) is 5. The van der Waals surface area contributed by atoms with Gasteiger partial charge in [0.15, 0.2) is 0 Å². The number of amides is 2. The van der Waals surface area contributed by atoms with Crippen molar-refractivity contribution in [2.75, 3.05) is 5.32 Å². The summed E-state index contributed by atoms with van der Waals surface area (Å²) in [5, 5.41) is 10.4. The van der Waals surface area contributed by atoms with Crippen molar-refractivity contribution < 1.29 is 22.7 Å². The molecule has 0 aliphatic carbocycles. The zero-order chi connectivity index (χ0) is 23.0. The summed E-state index contributed by atoms with van der Waals surface area (Å²) in [6.07, 6.45) is -0.537. The number of carbonyl (C=O) groups excluding carboxylic acids is 2. The Morgan fingerprint density at radius 2 is 1.50 bits per heavy atom. The zero-order valence-electron chi connectivity index (χ0n) is 17.1. The van der Waals surface area contributed by atoms with Gasteiger partial charge in [-0.05, 0) is 29.3 Å². The summed E-state index contributed by atoms with van der Waals surface area (Å²) in [5.74, 6) is -0.530. The number of nitrogens with two attached hydrogens (primary N) is 1. The zero-order valence-corrected chi connectivity index (χ0v) is 17.9. The summed E-state index contributed by atoms with van der Waals surface area (Å²) in [7, 11) is -3.92. The largest absolute Gasteiger partial charge is 0.445 e. The van der Waals surface area contributed by atoms with Crippen LogP contribution in [-0.2, 0) is 32.6 Å². The highest BCUT2D eigenvalue weighted by atomic mass is 32.2. The van der Waals surface area contributed by atoms with Gasteiger partial charge in [0, 0.05) is 12.1 Å². The van der Waals surface area contributed by atoms with Gasteiger partial charge in [0.1, 0.15) is 12.6 Å². The lowest BCUT2D eigenvalue weighted by Gasteiger charge is -2.19. The Kier molecular flexibility index (Phi) is 7.58. The van der Waals surface area contributed by atoms with Crippen molar-refractivity contribution >= 4 is 27.7 Å². The van der Waals surface area contributed by atoms with Gasteiger partial charge < -0.3 is 15.4 Å². The SMILES string of the molecule is NS(=O)(=O)c1cccc(NC(=O)[C@@H](Cc2ccccc2)NC(=O)OCc2ccccc2)c1. The van der Waals surface area contributed by atoms with Crippen LogP contribution in [0.3, 0.4) is 0 Å². The molecular formula is C23H23N3O5S. The molecule has 0 aromatic heterocycles. The lowest BCUT2D eigenvalue weighted by Crippen LogP contribution is -2.45. The lowest BCUT2D eigenvalue weighted by atomic mass is 10.1. The molecule has 3 aromatic carbocycles. The van der Waals surface area contributed by atoms with Crippen molar-refractivity contribution in [3.8, 4) is 0 Å².